The van der Waals surface area contributed by atoms with Gasteiger partial charge in [0.1, 0.15) is 24.2 Å². The van der Waals surface area contributed by atoms with E-state index >= 15 is 0 Å². The number of fused-ring (bicyclic) bond motifs is 1. The van der Waals surface area contributed by atoms with Gasteiger partial charge in [-0.1, -0.05) is 69.3 Å². The highest BCUT2D eigenvalue weighted by Crippen LogP contribution is 2.35. The smallest absolute Gasteiger partial charge is 0.246 e. The van der Waals surface area contributed by atoms with Crippen LogP contribution >= 0.6 is 0 Å². The normalized spacial score (nSPS) is 17.7. The van der Waals surface area contributed by atoms with Gasteiger partial charge in [0.2, 0.25) is 23.6 Å². The fraction of sp³-hybridized carbons (Fsp3) is 0.455. The van der Waals surface area contributed by atoms with Crippen LogP contribution in [0.2, 0.25) is 0 Å². The van der Waals surface area contributed by atoms with E-state index in [1.807, 2.05) is 49.4 Å². The van der Waals surface area contributed by atoms with Crippen LogP contribution in [0.4, 0.5) is 0 Å². The molecule has 0 unspecified atom stereocenters. The van der Waals surface area contributed by atoms with Gasteiger partial charge in [0.15, 0.2) is 11.7 Å². The maximum absolute atomic E-state index is 13.5. The number of amides is 4. The van der Waals surface area contributed by atoms with E-state index in [2.05, 4.69) is 32.8 Å². The number of hydrogen-bond acceptors (Lipinski definition) is 8. The van der Waals surface area contributed by atoms with Gasteiger partial charge in [-0.2, -0.15) is 0 Å². The second-order valence-electron chi connectivity index (χ2n) is 11.8. The summed E-state index contributed by atoms with van der Waals surface area (Å²) < 4.78 is 5.19. The van der Waals surface area contributed by atoms with E-state index in [-0.39, 0.29) is 37.1 Å². The first-order valence-corrected chi connectivity index (χ1v) is 15.6. The number of rotatable bonds is 19. The van der Waals surface area contributed by atoms with E-state index in [9.17, 15) is 24.0 Å². The van der Waals surface area contributed by atoms with Gasteiger partial charge >= 0.3 is 0 Å². The van der Waals surface area contributed by atoms with Gasteiger partial charge in [-0.3, -0.25) is 29.0 Å². The van der Waals surface area contributed by atoms with Crippen molar-refractivity contribution >= 4 is 46.1 Å². The molecule has 0 aromatic heterocycles. The minimum atomic E-state index is -1.22. The zero-order valence-corrected chi connectivity index (χ0v) is 26.9. The third-order valence-corrected chi connectivity index (χ3v) is 8.14. The highest BCUT2D eigenvalue weighted by Gasteiger charge is 2.54. The van der Waals surface area contributed by atoms with Crippen LogP contribution in [0.25, 0.3) is 10.8 Å². The Morgan fingerprint density at radius 1 is 1.06 bits per heavy atom. The number of ether oxygens (including phenoxy) is 1. The summed E-state index contributed by atoms with van der Waals surface area (Å²) in [5, 5.41) is 12.6. The molecule has 1 fully saturated rings. The number of hydrogen-bond donors (Lipinski definition) is 7. The lowest BCUT2D eigenvalue weighted by molar-refractivity contribution is -0.134. The fourth-order valence-corrected chi connectivity index (χ4v) is 5.11. The predicted molar refractivity (Wildman–Crippen MR) is 179 cm³/mol. The summed E-state index contributed by atoms with van der Waals surface area (Å²) in [7, 11) is 0. The molecule has 5 atom stereocenters. The molecule has 47 heavy (non-hydrogen) atoms. The van der Waals surface area contributed by atoms with Crippen molar-refractivity contribution in [1.82, 2.24) is 21.3 Å². The Bertz CT molecular complexity index is 1490. The van der Waals surface area contributed by atoms with Crippen LogP contribution in [-0.4, -0.2) is 78.7 Å². The Labute approximate surface area is 274 Å². The number of Topliss-reactive ketones (excluding diaryl/α,β-unsaturated/α-hetero) is 1. The molecule has 3 rings (SSSR count). The molecule has 0 spiro atoms. The molecule has 254 valence electrons. The molecular weight excluding hydrogens is 604 g/mol. The second-order valence-corrected chi connectivity index (χ2v) is 11.8. The third-order valence-electron chi connectivity index (χ3n) is 8.14. The van der Waals surface area contributed by atoms with Gasteiger partial charge in [0.05, 0.1) is 18.8 Å². The Balaban J connectivity index is 1.58. The SMILES string of the molecule is C=COC[C@H](NC(=O)[C@@H](NC(=O)[C@@H](N)Cc1ccc2ccccc2c1)[C@@H](C)CC)C(=O)NCC(=O)N[C@]1(CCCN=C(N)N)CC1=O. The van der Waals surface area contributed by atoms with Crippen molar-refractivity contribution in [2.45, 2.75) is 69.6 Å². The van der Waals surface area contributed by atoms with Gasteiger partial charge in [0, 0.05) is 13.0 Å². The minimum Gasteiger partial charge on any atom is -0.499 e. The molecule has 0 saturated heterocycles. The summed E-state index contributed by atoms with van der Waals surface area (Å²) in [6.07, 6.45) is 2.92. The van der Waals surface area contributed by atoms with E-state index < -0.39 is 53.8 Å². The summed E-state index contributed by atoms with van der Waals surface area (Å²) in [5.41, 5.74) is 16.8. The first-order valence-electron chi connectivity index (χ1n) is 15.6. The highest BCUT2D eigenvalue weighted by molar-refractivity contribution is 6.08. The summed E-state index contributed by atoms with van der Waals surface area (Å²) in [4.78, 5) is 68.2. The van der Waals surface area contributed by atoms with Gasteiger partial charge < -0.3 is 43.2 Å². The molecule has 0 heterocycles. The Morgan fingerprint density at radius 2 is 1.77 bits per heavy atom. The Kier molecular flexibility index (Phi) is 13.3. The standard InChI is InChI=1S/C33H46N8O6/c1-4-20(3)28(40-29(44)24(34)16-21-11-12-22-9-6-7-10-23(22)15-21)31(46)39-25(19-47-5-2)30(45)38-18-27(43)41-33(17-26(33)42)13-8-14-37-32(35)36/h5-7,9-12,15,20,24-25,28H,2,4,8,13-14,16-19,34H2,1,3H3,(H,38,45)(H,39,46)(H,40,44)(H,41,43)(H4,35,36,37)/t20-,24-,25-,28-,33+/m0/s1. The van der Waals surface area contributed by atoms with E-state index in [0.29, 0.717) is 25.8 Å². The molecule has 0 bridgehead atoms. The summed E-state index contributed by atoms with van der Waals surface area (Å²) in [6, 6.07) is 10.6. The van der Waals surface area contributed by atoms with E-state index in [1.54, 1.807) is 6.92 Å². The largest absolute Gasteiger partial charge is 0.499 e. The van der Waals surface area contributed by atoms with Crippen molar-refractivity contribution in [2.24, 2.45) is 28.1 Å². The van der Waals surface area contributed by atoms with E-state index in [4.69, 9.17) is 21.9 Å². The molecule has 1 saturated carbocycles. The van der Waals surface area contributed by atoms with Crippen LogP contribution in [0, 0.1) is 5.92 Å². The lowest BCUT2D eigenvalue weighted by atomic mass is 9.96. The van der Waals surface area contributed by atoms with E-state index in [1.165, 1.54) is 0 Å². The average Bonchev–Trinajstić information content (AvgIpc) is 3.69. The molecule has 2 aromatic carbocycles. The average molecular weight is 651 g/mol. The first-order chi connectivity index (χ1) is 22.4. The molecule has 10 N–H and O–H groups in total. The van der Waals surface area contributed by atoms with Crippen molar-refractivity contribution in [2.75, 3.05) is 19.7 Å². The number of benzene rings is 2. The summed E-state index contributed by atoms with van der Waals surface area (Å²) in [6.45, 7) is 6.72. The molecule has 2 aromatic rings. The van der Waals surface area contributed by atoms with E-state index in [0.717, 1.165) is 22.6 Å². The first kappa shape index (κ1) is 36.5. The van der Waals surface area contributed by atoms with Crippen molar-refractivity contribution in [3.05, 3.63) is 60.9 Å². The van der Waals surface area contributed by atoms with Crippen LogP contribution < -0.4 is 38.5 Å². The number of ketones is 1. The molecule has 1 aliphatic rings. The van der Waals surface area contributed by atoms with Gasteiger partial charge in [-0.15, -0.1) is 0 Å². The lowest BCUT2D eigenvalue weighted by Gasteiger charge is -2.27. The van der Waals surface area contributed by atoms with Crippen molar-refractivity contribution in [3.8, 4) is 0 Å². The maximum Gasteiger partial charge on any atom is 0.246 e. The zero-order chi connectivity index (χ0) is 34.6. The topological polar surface area (TPSA) is 233 Å². The Morgan fingerprint density at radius 3 is 2.40 bits per heavy atom. The molecule has 1 aliphatic carbocycles. The van der Waals surface area contributed by atoms with Gasteiger partial charge in [0.25, 0.3) is 0 Å². The quantitative estimate of drug-likeness (QED) is 0.0464. The van der Waals surface area contributed by atoms with Crippen molar-refractivity contribution < 1.29 is 28.7 Å². The molecule has 14 heteroatoms. The molecule has 14 nitrogen and oxygen atoms in total. The molecule has 4 amide bonds. The lowest BCUT2D eigenvalue weighted by Crippen LogP contribution is -2.59. The third kappa shape index (κ3) is 10.8. The number of guanidine groups is 1. The van der Waals surface area contributed by atoms with Crippen molar-refractivity contribution in [3.63, 3.8) is 0 Å². The van der Waals surface area contributed by atoms with Gasteiger partial charge in [-0.05, 0) is 41.5 Å². The number of nitrogens with two attached hydrogens (primary N) is 3. The number of nitrogens with one attached hydrogen (secondary N) is 4. The highest BCUT2D eigenvalue weighted by atomic mass is 16.5. The molecule has 0 aliphatic heterocycles. The molecule has 0 radical (unpaired) electrons. The Hall–Kier alpha value is -4.98. The number of nitrogens with zero attached hydrogens (tertiary/aromatic N) is 1. The maximum atomic E-state index is 13.5. The number of aliphatic imine (C=N–C) groups is 1. The monoisotopic (exact) mass is 650 g/mol. The van der Waals surface area contributed by atoms with Crippen LogP contribution in [0.1, 0.15) is 45.1 Å². The summed E-state index contributed by atoms with van der Waals surface area (Å²) >= 11 is 0. The van der Waals surface area contributed by atoms with Crippen molar-refractivity contribution in [1.29, 1.82) is 0 Å². The van der Waals surface area contributed by atoms with Crippen LogP contribution in [0.3, 0.4) is 0 Å². The van der Waals surface area contributed by atoms with Crippen LogP contribution in [-0.2, 0) is 35.1 Å². The number of carbonyl (C=O) groups excluding carboxylic acids is 5. The second kappa shape index (κ2) is 17.1. The van der Waals surface area contributed by atoms with Crippen LogP contribution in [0.5, 0.6) is 0 Å². The number of carbonyl (C=O) groups is 5. The minimum absolute atomic E-state index is 0.0617. The van der Waals surface area contributed by atoms with Gasteiger partial charge in [-0.25, -0.2) is 0 Å². The predicted octanol–water partition coefficient (Wildman–Crippen LogP) is -0.117. The van der Waals surface area contributed by atoms with Crippen LogP contribution in [0.15, 0.2) is 60.3 Å². The molecular formula is C33H46N8O6. The summed E-state index contributed by atoms with van der Waals surface area (Å²) in [5.74, 6) is -2.91. The zero-order valence-electron chi connectivity index (χ0n) is 26.9. The fourth-order valence-electron chi connectivity index (χ4n) is 5.11.